The SMILES string of the molecule is CNc1ccccc1-c1ccccc1P1(Cl)(I)CC1. The molecule has 1 heterocycles. The summed E-state index contributed by atoms with van der Waals surface area (Å²) in [5, 5.41) is 4.63. The van der Waals surface area contributed by atoms with Gasteiger partial charge in [-0.3, -0.25) is 0 Å². The Morgan fingerprint density at radius 1 is 1.00 bits per heavy atom. The molecule has 2 aromatic carbocycles. The number of para-hydroxylation sites is 1. The Hall–Kier alpha value is -0.310. The zero-order valence-electron chi connectivity index (χ0n) is 10.7. The van der Waals surface area contributed by atoms with Crippen LogP contribution in [0.5, 0.6) is 0 Å². The number of benzene rings is 2. The molecule has 1 saturated heterocycles. The topological polar surface area (TPSA) is 12.0 Å². The molecule has 0 unspecified atom stereocenters. The van der Waals surface area contributed by atoms with Gasteiger partial charge in [-0.1, -0.05) is 0 Å². The van der Waals surface area contributed by atoms with Gasteiger partial charge in [-0.2, -0.15) is 0 Å². The van der Waals surface area contributed by atoms with Gasteiger partial charge in [0, 0.05) is 0 Å². The normalized spacial score (nSPS) is 21.1. The molecule has 1 aliphatic rings. The average Bonchev–Trinajstić information content (AvgIpc) is 3.11. The maximum absolute atomic E-state index is 6.97. The number of nitrogens with one attached hydrogen (secondary N) is 1. The van der Waals surface area contributed by atoms with E-state index in [4.69, 9.17) is 11.2 Å². The first-order chi connectivity index (χ1) is 9.03. The summed E-state index contributed by atoms with van der Waals surface area (Å²) in [5.41, 5.74) is 3.68. The van der Waals surface area contributed by atoms with E-state index in [1.807, 2.05) is 7.05 Å². The molecule has 0 radical (unpaired) electrons. The summed E-state index contributed by atoms with van der Waals surface area (Å²) in [6.45, 7) is 0. The monoisotopic (exact) mass is 403 g/mol. The molecule has 0 saturated carbocycles. The van der Waals surface area contributed by atoms with Gasteiger partial charge in [-0.25, -0.2) is 0 Å². The van der Waals surface area contributed by atoms with E-state index in [1.165, 1.54) is 16.4 Å². The first-order valence-corrected chi connectivity index (χ1v) is 12.6. The van der Waals surface area contributed by atoms with Crippen LogP contribution in [-0.2, 0) is 0 Å². The molecule has 0 aliphatic carbocycles. The minimum absolute atomic E-state index is 1.16. The van der Waals surface area contributed by atoms with Crippen molar-refractivity contribution >= 4 is 47.9 Å². The van der Waals surface area contributed by atoms with E-state index in [1.54, 1.807) is 0 Å². The maximum atomic E-state index is 6.97. The van der Waals surface area contributed by atoms with E-state index in [-0.39, 0.29) is 0 Å². The van der Waals surface area contributed by atoms with Crippen molar-refractivity contribution in [3.63, 3.8) is 0 Å². The summed E-state index contributed by atoms with van der Waals surface area (Å²) in [6.07, 6.45) is 2.32. The van der Waals surface area contributed by atoms with Crippen molar-refractivity contribution in [1.29, 1.82) is 0 Å². The molecule has 0 spiro atoms. The molecule has 100 valence electrons. The zero-order valence-corrected chi connectivity index (χ0v) is 14.5. The van der Waals surface area contributed by atoms with Gasteiger partial charge in [0.2, 0.25) is 0 Å². The Balaban J connectivity index is 2.22. The van der Waals surface area contributed by atoms with Crippen molar-refractivity contribution in [2.75, 3.05) is 24.7 Å². The van der Waals surface area contributed by atoms with Gasteiger partial charge in [0.15, 0.2) is 0 Å². The number of halogens is 2. The Morgan fingerprint density at radius 3 is 2.21 bits per heavy atom. The van der Waals surface area contributed by atoms with Gasteiger partial charge in [-0.05, 0) is 0 Å². The number of rotatable bonds is 3. The molecule has 1 fully saturated rings. The molecule has 1 aliphatic heterocycles. The van der Waals surface area contributed by atoms with Crippen LogP contribution in [0.25, 0.3) is 11.1 Å². The van der Waals surface area contributed by atoms with Crippen molar-refractivity contribution in [3.8, 4) is 11.1 Å². The summed E-state index contributed by atoms with van der Waals surface area (Å²) in [7, 11) is 1.96. The average molecular weight is 404 g/mol. The van der Waals surface area contributed by atoms with Gasteiger partial charge >= 0.3 is 132 Å². The van der Waals surface area contributed by atoms with Gasteiger partial charge in [0.05, 0.1) is 0 Å². The molecule has 4 heteroatoms. The van der Waals surface area contributed by atoms with Crippen LogP contribution >= 0.6 is 36.9 Å². The van der Waals surface area contributed by atoms with Crippen molar-refractivity contribution in [2.24, 2.45) is 0 Å². The molecule has 1 nitrogen and oxygen atoms in total. The summed E-state index contributed by atoms with van der Waals surface area (Å²) in [5.74, 6) is 0. The van der Waals surface area contributed by atoms with Crippen LogP contribution in [-0.4, -0.2) is 19.4 Å². The molecule has 0 bridgehead atoms. The summed E-state index contributed by atoms with van der Waals surface area (Å²) in [4.78, 5) is 0. The zero-order chi connectivity index (χ0) is 13.5. The molecule has 19 heavy (non-hydrogen) atoms. The van der Waals surface area contributed by atoms with Crippen LogP contribution < -0.4 is 10.6 Å². The van der Waals surface area contributed by atoms with E-state index >= 15 is 0 Å². The van der Waals surface area contributed by atoms with E-state index in [0.29, 0.717) is 0 Å². The van der Waals surface area contributed by atoms with Crippen LogP contribution in [0.2, 0.25) is 0 Å². The van der Waals surface area contributed by atoms with Gasteiger partial charge in [0.1, 0.15) is 0 Å². The Morgan fingerprint density at radius 2 is 1.58 bits per heavy atom. The molecule has 3 rings (SSSR count). The number of hydrogen-bond donors (Lipinski definition) is 1. The van der Waals surface area contributed by atoms with Gasteiger partial charge in [0.25, 0.3) is 0 Å². The van der Waals surface area contributed by atoms with Gasteiger partial charge in [-0.15, -0.1) is 0 Å². The molecule has 0 atom stereocenters. The fourth-order valence-corrected chi connectivity index (χ4v) is 9.37. The van der Waals surface area contributed by atoms with E-state index in [9.17, 15) is 0 Å². The minimum atomic E-state index is -2.10. The fraction of sp³-hybridized carbons (Fsp3) is 0.200. The molecule has 0 aromatic heterocycles. The second-order valence-electron chi connectivity index (χ2n) is 5.01. The van der Waals surface area contributed by atoms with Crippen LogP contribution in [0, 0.1) is 0 Å². The summed E-state index contributed by atoms with van der Waals surface area (Å²) >= 11 is 9.51. The molecule has 2 aromatic rings. The Bertz CT molecular complexity index is 634. The first kappa shape index (κ1) is 13.7. The molecular weight excluding hydrogens is 388 g/mol. The standard InChI is InChI=1S/C15H16ClINP/c1-18-14-8-4-2-6-12(14)13-7-3-5-9-15(13)19(16,17)10-11-19/h2-9,18H,10-11H2,1H3. The van der Waals surface area contributed by atoms with Gasteiger partial charge < -0.3 is 0 Å². The van der Waals surface area contributed by atoms with Crippen molar-refractivity contribution in [3.05, 3.63) is 48.5 Å². The third-order valence-electron chi connectivity index (χ3n) is 3.70. The predicted molar refractivity (Wildman–Crippen MR) is 97.6 cm³/mol. The molecule has 1 N–H and O–H groups in total. The van der Waals surface area contributed by atoms with Crippen LogP contribution in [0.4, 0.5) is 5.69 Å². The predicted octanol–water partition coefficient (Wildman–Crippen LogP) is 5.09. The molecule has 0 amide bonds. The van der Waals surface area contributed by atoms with E-state index in [0.717, 1.165) is 18.0 Å². The third kappa shape index (κ3) is 2.39. The third-order valence-corrected chi connectivity index (χ3v) is 12.7. The second kappa shape index (κ2) is 4.61. The Kier molecular flexibility index (Phi) is 3.32. The number of hydrogen-bond acceptors (Lipinski definition) is 1. The van der Waals surface area contributed by atoms with Crippen molar-refractivity contribution in [2.45, 2.75) is 0 Å². The molecular formula is C15H16ClINP. The Labute approximate surface area is 131 Å². The van der Waals surface area contributed by atoms with Crippen molar-refractivity contribution in [1.82, 2.24) is 0 Å². The van der Waals surface area contributed by atoms with Crippen LogP contribution in [0.1, 0.15) is 0 Å². The summed E-state index contributed by atoms with van der Waals surface area (Å²) < 4.78 is -2.10. The number of anilines is 1. The summed E-state index contributed by atoms with van der Waals surface area (Å²) in [6, 6.07) is 17.0. The quantitative estimate of drug-likeness (QED) is 0.556. The van der Waals surface area contributed by atoms with Crippen LogP contribution in [0.3, 0.4) is 0 Å². The van der Waals surface area contributed by atoms with E-state index < -0.39 is 3.60 Å². The second-order valence-corrected chi connectivity index (χ2v) is 20.0. The van der Waals surface area contributed by atoms with E-state index in [2.05, 4.69) is 75.9 Å². The fourth-order valence-electron chi connectivity index (χ4n) is 2.43. The van der Waals surface area contributed by atoms with Crippen molar-refractivity contribution < 1.29 is 0 Å². The van der Waals surface area contributed by atoms with Crippen LogP contribution in [0.15, 0.2) is 48.5 Å². The first-order valence-electron chi connectivity index (χ1n) is 6.35.